The van der Waals surface area contributed by atoms with E-state index in [9.17, 15) is 18.0 Å². The van der Waals surface area contributed by atoms with Crippen molar-refractivity contribution in [2.45, 2.75) is 6.42 Å². The molecule has 2 heterocycles. The molecule has 0 aliphatic rings. The van der Waals surface area contributed by atoms with E-state index in [-0.39, 0.29) is 11.8 Å². The van der Waals surface area contributed by atoms with Crippen molar-refractivity contribution < 1.29 is 18.0 Å². The number of anilines is 2. The summed E-state index contributed by atoms with van der Waals surface area (Å²) in [5.74, 6) is -0.626. The summed E-state index contributed by atoms with van der Waals surface area (Å²) in [6.45, 7) is 0.470. The van der Waals surface area contributed by atoms with Crippen LogP contribution in [-0.2, 0) is 16.4 Å². The van der Waals surface area contributed by atoms with Crippen LogP contribution in [0.4, 0.5) is 11.4 Å². The summed E-state index contributed by atoms with van der Waals surface area (Å²) in [5.41, 5.74) is 3.38. The molecule has 170 valence electrons. The van der Waals surface area contributed by atoms with E-state index in [0.29, 0.717) is 34.8 Å². The quantitative estimate of drug-likeness (QED) is 0.305. The van der Waals surface area contributed by atoms with E-state index in [1.165, 1.54) is 6.07 Å². The van der Waals surface area contributed by atoms with Crippen molar-refractivity contribution in [2.24, 2.45) is 0 Å². The van der Waals surface area contributed by atoms with Crippen LogP contribution in [0.2, 0.25) is 0 Å². The number of hydrogen-bond acceptors (Lipinski definition) is 5. The average Bonchev–Trinajstić information content (AvgIpc) is 3.41. The van der Waals surface area contributed by atoms with E-state index >= 15 is 0 Å². The molecule has 0 atom stereocenters. The second kappa shape index (κ2) is 9.47. The minimum absolute atomic E-state index is 0.246. The molecule has 0 bridgehead atoms. The third-order valence-electron chi connectivity index (χ3n) is 4.86. The predicted molar refractivity (Wildman–Crippen MR) is 132 cm³/mol. The topological polar surface area (TPSA) is 120 Å². The molecule has 4 N–H and O–H groups in total. The highest BCUT2D eigenvalue weighted by Gasteiger charge is 2.14. The second-order valence-corrected chi connectivity index (χ2v) is 10.1. The van der Waals surface area contributed by atoms with Crippen molar-refractivity contribution in [1.29, 1.82) is 0 Å². The number of aromatic amines is 1. The smallest absolute Gasteiger partial charge is 0.265 e. The Bertz CT molecular complexity index is 1420. The lowest BCUT2D eigenvalue weighted by Crippen LogP contribution is -2.25. The van der Waals surface area contributed by atoms with Gasteiger partial charge in [0.1, 0.15) is 0 Å². The minimum Gasteiger partial charge on any atom is -0.361 e. The van der Waals surface area contributed by atoms with Gasteiger partial charge >= 0.3 is 0 Å². The monoisotopic (exact) mass is 482 g/mol. The highest BCUT2D eigenvalue weighted by molar-refractivity contribution is 7.92. The highest BCUT2D eigenvalue weighted by Crippen LogP contribution is 2.20. The van der Waals surface area contributed by atoms with Crippen molar-refractivity contribution in [3.63, 3.8) is 0 Å². The lowest BCUT2D eigenvalue weighted by Gasteiger charge is -2.07. The van der Waals surface area contributed by atoms with Crippen molar-refractivity contribution in [1.82, 2.24) is 10.3 Å². The fourth-order valence-electron chi connectivity index (χ4n) is 3.39. The molecule has 0 fully saturated rings. The molecule has 0 unspecified atom stereocenters. The second-order valence-electron chi connectivity index (χ2n) is 7.47. The van der Waals surface area contributed by atoms with Gasteiger partial charge in [0.15, 0.2) is 0 Å². The van der Waals surface area contributed by atoms with E-state index in [2.05, 4.69) is 20.3 Å². The summed E-state index contributed by atoms with van der Waals surface area (Å²) in [6.07, 6.45) is 3.69. The van der Waals surface area contributed by atoms with Gasteiger partial charge in [0.05, 0.1) is 22.4 Å². The number of H-pyrrole nitrogens is 1. The van der Waals surface area contributed by atoms with Crippen molar-refractivity contribution in [3.8, 4) is 0 Å². The molecule has 0 spiro atoms. The Kier molecular flexibility index (Phi) is 6.47. The summed E-state index contributed by atoms with van der Waals surface area (Å²) in [4.78, 5) is 28.7. The number of hydrogen-bond donors (Lipinski definition) is 4. The van der Waals surface area contributed by atoms with Crippen LogP contribution in [0.15, 0.2) is 66.2 Å². The summed E-state index contributed by atoms with van der Waals surface area (Å²) in [7, 11) is -3.42. The molecule has 0 saturated carbocycles. The maximum absolute atomic E-state index is 12.6. The van der Waals surface area contributed by atoms with Gasteiger partial charge in [0, 0.05) is 34.7 Å². The largest absolute Gasteiger partial charge is 0.361 e. The van der Waals surface area contributed by atoms with Gasteiger partial charge in [-0.1, -0.05) is 24.3 Å². The first-order valence-corrected chi connectivity index (χ1v) is 12.9. The van der Waals surface area contributed by atoms with Crippen LogP contribution in [0.3, 0.4) is 0 Å². The lowest BCUT2D eigenvalue weighted by molar-refractivity contribution is 0.0954. The van der Waals surface area contributed by atoms with Gasteiger partial charge in [0.2, 0.25) is 10.0 Å². The third-order valence-corrected chi connectivity index (χ3v) is 6.40. The number of thiophene rings is 1. The Labute approximate surface area is 195 Å². The van der Waals surface area contributed by atoms with Crippen LogP contribution in [0.5, 0.6) is 0 Å². The Hall–Kier alpha value is -3.63. The van der Waals surface area contributed by atoms with E-state index < -0.39 is 10.0 Å². The Morgan fingerprint density at radius 2 is 1.79 bits per heavy atom. The van der Waals surface area contributed by atoms with Gasteiger partial charge in [-0.25, -0.2) is 8.42 Å². The highest BCUT2D eigenvalue weighted by atomic mass is 32.2. The number of benzene rings is 2. The fourth-order valence-corrected chi connectivity index (χ4v) is 4.73. The molecule has 0 saturated heterocycles. The lowest BCUT2D eigenvalue weighted by atomic mass is 10.1. The number of aromatic nitrogens is 1. The van der Waals surface area contributed by atoms with Crippen molar-refractivity contribution >= 4 is 55.5 Å². The molecule has 10 heteroatoms. The van der Waals surface area contributed by atoms with E-state index in [0.717, 1.165) is 34.1 Å². The maximum Gasteiger partial charge on any atom is 0.265 e. The number of para-hydroxylation sites is 1. The zero-order valence-corrected chi connectivity index (χ0v) is 19.3. The summed E-state index contributed by atoms with van der Waals surface area (Å²) in [6, 6.07) is 15.9. The molecule has 4 aromatic rings. The van der Waals surface area contributed by atoms with Gasteiger partial charge in [-0.2, -0.15) is 0 Å². The van der Waals surface area contributed by atoms with Gasteiger partial charge in [-0.3, -0.25) is 14.3 Å². The van der Waals surface area contributed by atoms with Crippen molar-refractivity contribution in [3.05, 3.63) is 82.2 Å². The molecule has 0 aliphatic heterocycles. The Morgan fingerprint density at radius 1 is 1.00 bits per heavy atom. The minimum atomic E-state index is -3.42. The number of carbonyl (C=O) groups is 2. The first-order chi connectivity index (χ1) is 15.8. The molecule has 8 nitrogen and oxygen atoms in total. The maximum atomic E-state index is 12.6. The van der Waals surface area contributed by atoms with E-state index in [1.807, 2.05) is 30.5 Å². The molecule has 2 aromatic carbocycles. The summed E-state index contributed by atoms with van der Waals surface area (Å²) >= 11 is 1.16. The van der Waals surface area contributed by atoms with E-state index in [1.54, 1.807) is 29.6 Å². The standard InChI is InChI=1S/C23H22N4O4S2/c1-33(30,31)27-18-6-4-5-17(12-18)26-23(29)21-11-16(14-32-21)22(28)24-10-9-15-13-25-20-8-3-2-7-19(15)20/h2-8,11-14,25,27H,9-10H2,1H3,(H,24,28)(H,26,29). The van der Waals surface area contributed by atoms with Crippen LogP contribution in [0.25, 0.3) is 10.9 Å². The average molecular weight is 483 g/mol. The number of carbonyl (C=O) groups excluding carboxylic acids is 2. The molecule has 2 aromatic heterocycles. The summed E-state index contributed by atoms with van der Waals surface area (Å²) < 4.78 is 25.1. The summed E-state index contributed by atoms with van der Waals surface area (Å²) in [5, 5.41) is 8.38. The van der Waals surface area contributed by atoms with Gasteiger partial charge in [-0.05, 0) is 42.3 Å². The van der Waals surface area contributed by atoms with Crippen LogP contribution < -0.4 is 15.4 Å². The van der Waals surface area contributed by atoms with Gasteiger partial charge in [-0.15, -0.1) is 11.3 Å². The molecule has 33 heavy (non-hydrogen) atoms. The fraction of sp³-hybridized carbons (Fsp3) is 0.130. The van der Waals surface area contributed by atoms with Gasteiger partial charge < -0.3 is 15.6 Å². The Morgan fingerprint density at radius 3 is 2.61 bits per heavy atom. The molecule has 0 radical (unpaired) electrons. The molecular weight excluding hydrogens is 460 g/mol. The van der Waals surface area contributed by atoms with Crippen LogP contribution >= 0.6 is 11.3 Å². The van der Waals surface area contributed by atoms with Crippen LogP contribution in [0, 0.1) is 0 Å². The third kappa shape index (κ3) is 5.79. The van der Waals surface area contributed by atoms with Crippen LogP contribution in [-0.4, -0.2) is 38.0 Å². The molecule has 2 amide bonds. The number of sulfonamides is 1. The SMILES string of the molecule is CS(=O)(=O)Nc1cccc(NC(=O)c2cc(C(=O)NCCc3c[nH]c4ccccc34)cs2)c1. The molecular formula is C23H22N4O4S2. The first kappa shape index (κ1) is 22.6. The number of rotatable bonds is 8. The molecule has 0 aliphatic carbocycles. The molecule has 4 rings (SSSR count). The first-order valence-electron chi connectivity index (χ1n) is 10.1. The van der Waals surface area contributed by atoms with E-state index in [4.69, 9.17) is 0 Å². The Balaban J connectivity index is 1.33. The van der Waals surface area contributed by atoms with Crippen LogP contribution in [0.1, 0.15) is 25.6 Å². The number of nitrogens with one attached hydrogen (secondary N) is 4. The number of fused-ring (bicyclic) bond motifs is 1. The zero-order chi connectivity index (χ0) is 23.4. The van der Waals surface area contributed by atoms with Crippen molar-refractivity contribution in [2.75, 3.05) is 22.8 Å². The zero-order valence-electron chi connectivity index (χ0n) is 17.7. The normalized spacial score (nSPS) is 11.3. The number of amides is 2. The predicted octanol–water partition coefficient (Wildman–Crippen LogP) is 3.83. The van der Waals surface area contributed by atoms with Gasteiger partial charge in [0.25, 0.3) is 11.8 Å².